The number of aryl methyl sites for hydroxylation is 1. The maximum atomic E-state index is 11.6. The maximum absolute atomic E-state index is 11.6. The van der Waals surface area contributed by atoms with E-state index in [1.807, 2.05) is 12.1 Å². The summed E-state index contributed by atoms with van der Waals surface area (Å²) in [5, 5.41) is 10.2. The number of rotatable bonds is 7. The summed E-state index contributed by atoms with van der Waals surface area (Å²) >= 11 is 0. The van der Waals surface area contributed by atoms with Gasteiger partial charge in [-0.15, -0.1) is 0 Å². The lowest BCUT2D eigenvalue weighted by molar-refractivity contribution is -0.113. The molecule has 1 saturated carbocycles. The zero-order chi connectivity index (χ0) is 29.9. The second kappa shape index (κ2) is 13.5. The molecule has 7 rings (SSSR count). The van der Waals surface area contributed by atoms with Crippen LogP contribution in [-0.2, 0) is 11.2 Å². The molecule has 0 radical (unpaired) electrons. The molecule has 2 aliphatic heterocycles. The molecule has 2 saturated heterocycles. The minimum absolute atomic E-state index is 0.290. The van der Waals surface area contributed by atoms with Gasteiger partial charge in [-0.2, -0.15) is 0 Å². The molecule has 3 aromatic rings. The fraction of sp³-hybridized carbons (Fsp3) is 0.513. The monoisotopic (exact) mass is 591 g/mol. The van der Waals surface area contributed by atoms with E-state index in [2.05, 4.69) is 75.4 Å². The zero-order valence-electron chi connectivity index (χ0n) is 26.2. The lowest BCUT2D eigenvalue weighted by Crippen LogP contribution is -2.54. The summed E-state index contributed by atoms with van der Waals surface area (Å²) in [6.07, 6.45) is 10.7. The predicted molar refractivity (Wildman–Crippen MR) is 179 cm³/mol. The number of phenolic OH excluding ortho intramolecular Hbond substituents is 1. The largest absolute Gasteiger partial charge is 0.508 e. The molecule has 0 aromatic heterocycles. The Balaban J connectivity index is 0.966. The van der Waals surface area contributed by atoms with Gasteiger partial charge in [0.1, 0.15) is 12.0 Å². The minimum atomic E-state index is 0.290. The molecule has 5 heteroatoms. The van der Waals surface area contributed by atoms with Gasteiger partial charge in [-0.3, -0.25) is 4.90 Å². The number of nitrogens with zero attached hydrogens (tertiary/aromatic N) is 3. The van der Waals surface area contributed by atoms with Crippen molar-refractivity contribution in [2.75, 3.05) is 50.7 Å². The van der Waals surface area contributed by atoms with Crippen LogP contribution >= 0.6 is 0 Å². The standard InChI is InChI=1S/C39H49N3O2/c43-28-33-9-5-4-8-32(33)27-40-22-24-42(25-23-40)35-18-20-41(21-19-35)34-13-10-30(11-14-34)39-37(29-6-2-1-3-7-29)16-12-31-26-36(44)15-17-38(31)39/h1-3,6-7,10-11,13-15,17,26,28,32-33,35,37,39,44H,4-5,8-9,12,16,18-25,27H2/t32-,33-,37?,39?/m0/s1. The summed E-state index contributed by atoms with van der Waals surface area (Å²) in [7, 11) is 0. The SMILES string of the molecule is O=C[C@@H]1CCCC[C@H]1CN1CCN(C2CCN(c3ccc(C4c5ccc(O)cc5CCC4c4ccccc4)cc3)CC2)CC1. The normalized spacial score (nSPS) is 27.1. The van der Waals surface area contributed by atoms with Crippen LogP contribution in [0.3, 0.4) is 0 Å². The smallest absolute Gasteiger partial charge is 0.123 e. The van der Waals surface area contributed by atoms with Crippen molar-refractivity contribution >= 4 is 12.0 Å². The van der Waals surface area contributed by atoms with E-state index in [4.69, 9.17) is 0 Å². The molecular weight excluding hydrogens is 542 g/mol. The molecule has 2 heterocycles. The third kappa shape index (κ3) is 6.32. The first kappa shape index (κ1) is 29.6. The van der Waals surface area contributed by atoms with Crippen LogP contribution in [0, 0.1) is 11.8 Å². The highest BCUT2D eigenvalue weighted by Gasteiger charge is 2.33. The average Bonchev–Trinajstić information content (AvgIpc) is 3.09. The topological polar surface area (TPSA) is 47.0 Å². The molecule has 2 aliphatic carbocycles. The number of carbonyl (C=O) groups excluding carboxylic acids is 1. The van der Waals surface area contributed by atoms with Crippen molar-refractivity contribution in [2.45, 2.75) is 69.2 Å². The van der Waals surface area contributed by atoms with E-state index in [1.54, 1.807) is 0 Å². The second-order valence-electron chi connectivity index (χ2n) is 13.9. The van der Waals surface area contributed by atoms with Crippen LogP contribution in [0.15, 0.2) is 72.8 Å². The molecule has 3 fully saturated rings. The van der Waals surface area contributed by atoms with Crippen LogP contribution < -0.4 is 4.90 Å². The van der Waals surface area contributed by atoms with Gasteiger partial charge in [0.15, 0.2) is 0 Å². The first-order chi connectivity index (χ1) is 21.7. The predicted octanol–water partition coefficient (Wildman–Crippen LogP) is 6.85. The van der Waals surface area contributed by atoms with Gasteiger partial charge in [0, 0.05) is 69.4 Å². The molecule has 4 atom stereocenters. The van der Waals surface area contributed by atoms with E-state index in [0.717, 1.165) is 52.0 Å². The Bertz CT molecular complexity index is 1380. The van der Waals surface area contributed by atoms with Gasteiger partial charge in [-0.25, -0.2) is 0 Å². The highest BCUT2D eigenvalue weighted by molar-refractivity contribution is 5.54. The summed E-state index contributed by atoms with van der Waals surface area (Å²) in [5.74, 6) is 1.96. The molecule has 3 aromatic carbocycles. The Labute approximate surface area is 263 Å². The lowest BCUT2D eigenvalue weighted by Gasteiger charge is -2.44. The number of phenols is 1. The number of hydrogen-bond donors (Lipinski definition) is 1. The van der Waals surface area contributed by atoms with E-state index >= 15 is 0 Å². The van der Waals surface area contributed by atoms with Crippen molar-refractivity contribution in [3.05, 3.63) is 95.1 Å². The van der Waals surface area contributed by atoms with Gasteiger partial charge in [0.05, 0.1) is 0 Å². The van der Waals surface area contributed by atoms with Crippen LogP contribution in [0.25, 0.3) is 0 Å². The second-order valence-corrected chi connectivity index (χ2v) is 13.9. The number of aldehydes is 1. The van der Waals surface area contributed by atoms with Crippen LogP contribution in [-0.4, -0.2) is 73.0 Å². The molecule has 4 aliphatic rings. The Morgan fingerprint density at radius 2 is 1.50 bits per heavy atom. The molecule has 2 unspecified atom stereocenters. The number of aromatic hydroxyl groups is 1. The van der Waals surface area contributed by atoms with Gasteiger partial charge in [-0.05, 0) is 96.9 Å². The first-order valence-corrected chi connectivity index (χ1v) is 17.3. The van der Waals surface area contributed by atoms with Gasteiger partial charge in [0.2, 0.25) is 0 Å². The van der Waals surface area contributed by atoms with E-state index in [9.17, 15) is 9.90 Å². The molecular formula is C39H49N3O2. The molecule has 5 nitrogen and oxygen atoms in total. The quantitative estimate of drug-likeness (QED) is 0.305. The third-order valence-corrected chi connectivity index (χ3v) is 11.5. The molecule has 1 N–H and O–H groups in total. The van der Waals surface area contributed by atoms with Crippen LogP contribution in [0.5, 0.6) is 5.75 Å². The Hall–Kier alpha value is -3.15. The van der Waals surface area contributed by atoms with Crippen molar-refractivity contribution in [3.63, 3.8) is 0 Å². The number of carbonyl (C=O) groups is 1. The van der Waals surface area contributed by atoms with E-state index in [0.29, 0.717) is 35.5 Å². The van der Waals surface area contributed by atoms with Crippen molar-refractivity contribution in [3.8, 4) is 5.75 Å². The van der Waals surface area contributed by atoms with E-state index in [1.165, 1.54) is 79.4 Å². The van der Waals surface area contributed by atoms with Crippen molar-refractivity contribution in [2.24, 2.45) is 11.8 Å². The van der Waals surface area contributed by atoms with Crippen molar-refractivity contribution < 1.29 is 9.90 Å². The Morgan fingerprint density at radius 1 is 0.750 bits per heavy atom. The molecule has 44 heavy (non-hydrogen) atoms. The molecule has 0 amide bonds. The van der Waals surface area contributed by atoms with Gasteiger partial charge < -0.3 is 19.7 Å². The van der Waals surface area contributed by atoms with Crippen LogP contribution in [0.1, 0.15) is 79.0 Å². The van der Waals surface area contributed by atoms with Gasteiger partial charge >= 0.3 is 0 Å². The highest BCUT2D eigenvalue weighted by atomic mass is 16.3. The summed E-state index contributed by atoms with van der Waals surface area (Å²) < 4.78 is 0. The van der Waals surface area contributed by atoms with Crippen molar-refractivity contribution in [1.29, 1.82) is 0 Å². The minimum Gasteiger partial charge on any atom is -0.508 e. The van der Waals surface area contributed by atoms with Crippen molar-refractivity contribution in [1.82, 2.24) is 9.80 Å². The fourth-order valence-corrected chi connectivity index (χ4v) is 8.94. The van der Waals surface area contributed by atoms with Crippen LogP contribution in [0.2, 0.25) is 0 Å². The summed E-state index contributed by atoms with van der Waals surface area (Å²) in [4.78, 5) is 19.5. The number of piperazine rings is 1. The number of fused-ring (bicyclic) bond motifs is 1. The lowest BCUT2D eigenvalue weighted by atomic mass is 9.69. The molecule has 232 valence electrons. The van der Waals surface area contributed by atoms with E-state index in [-0.39, 0.29) is 0 Å². The molecule has 0 spiro atoms. The number of benzene rings is 3. The average molecular weight is 592 g/mol. The van der Waals surface area contributed by atoms with Gasteiger partial charge in [0.25, 0.3) is 0 Å². The Kier molecular flexibility index (Phi) is 9.04. The molecule has 0 bridgehead atoms. The highest BCUT2D eigenvalue weighted by Crippen LogP contribution is 2.47. The number of hydrogen-bond acceptors (Lipinski definition) is 5. The van der Waals surface area contributed by atoms with Gasteiger partial charge in [-0.1, -0.05) is 61.4 Å². The first-order valence-electron chi connectivity index (χ1n) is 17.3. The van der Waals surface area contributed by atoms with E-state index < -0.39 is 0 Å². The third-order valence-electron chi connectivity index (χ3n) is 11.5. The summed E-state index contributed by atoms with van der Waals surface area (Å²) in [6, 6.07) is 27.1. The zero-order valence-corrected chi connectivity index (χ0v) is 26.2. The number of anilines is 1. The summed E-state index contributed by atoms with van der Waals surface area (Å²) in [5.41, 5.74) is 6.76. The summed E-state index contributed by atoms with van der Waals surface area (Å²) in [6.45, 7) is 7.99. The van der Waals surface area contributed by atoms with Crippen LogP contribution in [0.4, 0.5) is 5.69 Å². The maximum Gasteiger partial charge on any atom is 0.123 e. The Morgan fingerprint density at radius 3 is 2.25 bits per heavy atom. The fourth-order valence-electron chi connectivity index (χ4n) is 8.94. The number of piperidine rings is 1.